The number of hydrogen-bond donors (Lipinski definition) is 1. The zero-order valence-electron chi connectivity index (χ0n) is 11.9. The summed E-state index contributed by atoms with van der Waals surface area (Å²) in [6, 6.07) is 3.96. The van der Waals surface area contributed by atoms with Crippen molar-refractivity contribution in [1.82, 2.24) is 5.32 Å². The highest BCUT2D eigenvalue weighted by Gasteiger charge is 2.51. The van der Waals surface area contributed by atoms with Crippen molar-refractivity contribution in [2.45, 2.75) is 31.8 Å². The van der Waals surface area contributed by atoms with E-state index in [9.17, 15) is 13.6 Å². The highest BCUT2D eigenvalue weighted by molar-refractivity contribution is 5.74. The predicted octanol–water partition coefficient (Wildman–Crippen LogP) is 2.64. The quantitative estimate of drug-likeness (QED) is 0.868. The molecule has 2 unspecified atom stereocenters. The molecular formula is C16H19F2NO2. The molecule has 1 aromatic rings. The molecule has 2 saturated carbocycles. The smallest absolute Gasteiger partial charge is 0.310 e. The largest absolute Gasteiger partial charge is 0.469 e. The normalized spacial score (nSPS) is 30.6. The van der Waals surface area contributed by atoms with Crippen molar-refractivity contribution in [3.8, 4) is 0 Å². The van der Waals surface area contributed by atoms with Gasteiger partial charge in [-0.25, -0.2) is 8.78 Å². The molecule has 0 heterocycles. The summed E-state index contributed by atoms with van der Waals surface area (Å²) < 4.78 is 31.0. The van der Waals surface area contributed by atoms with E-state index in [1.54, 1.807) is 6.07 Å². The molecule has 0 amide bonds. The number of rotatable bonds is 4. The van der Waals surface area contributed by atoms with Crippen LogP contribution in [0.25, 0.3) is 0 Å². The SMILES string of the molecule is COC(=O)C1C(NCc2ccc(F)c(F)c2)[C@@H]2CC[C@H]1C2. The Balaban J connectivity index is 1.68. The van der Waals surface area contributed by atoms with Crippen molar-refractivity contribution >= 4 is 5.97 Å². The van der Waals surface area contributed by atoms with Crippen LogP contribution in [0.3, 0.4) is 0 Å². The Hall–Kier alpha value is -1.49. The zero-order valence-corrected chi connectivity index (χ0v) is 11.9. The van der Waals surface area contributed by atoms with E-state index in [1.807, 2.05) is 0 Å². The molecule has 3 rings (SSSR count). The van der Waals surface area contributed by atoms with Crippen molar-refractivity contribution in [3.05, 3.63) is 35.4 Å². The van der Waals surface area contributed by atoms with Gasteiger partial charge >= 0.3 is 5.97 Å². The molecule has 0 aromatic heterocycles. The molecule has 0 spiro atoms. The minimum Gasteiger partial charge on any atom is -0.469 e. The Morgan fingerprint density at radius 3 is 2.76 bits per heavy atom. The van der Waals surface area contributed by atoms with Gasteiger partial charge < -0.3 is 10.1 Å². The van der Waals surface area contributed by atoms with Crippen LogP contribution in [0.2, 0.25) is 0 Å². The van der Waals surface area contributed by atoms with E-state index in [0.717, 1.165) is 25.3 Å². The minimum absolute atomic E-state index is 0.0734. The molecule has 0 saturated heterocycles. The van der Waals surface area contributed by atoms with Gasteiger partial charge in [-0.1, -0.05) is 6.07 Å². The van der Waals surface area contributed by atoms with Gasteiger partial charge in [0.25, 0.3) is 0 Å². The summed E-state index contributed by atoms with van der Waals surface area (Å²) >= 11 is 0. The third-order valence-electron chi connectivity index (χ3n) is 4.92. The van der Waals surface area contributed by atoms with Crippen molar-refractivity contribution in [2.24, 2.45) is 17.8 Å². The average Bonchev–Trinajstić information content (AvgIpc) is 3.08. The second kappa shape index (κ2) is 5.72. The molecule has 4 atom stereocenters. The first-order chi connectivity index (χ1) is 10.1. The van der Waals surface area contributed by atoms with Crippen LogP contribution in [-0.4, -0.2) is 19.1 Å². The van der Waals surface area contributed by atoms with Crippen LogP contribution in [0.5, 0.6) is 0 Å². The van der Waals surface area contributed by atoms with Crippen LogP contribution in [0, 0.1) is 29.4 Å². The third kappa shape index (κ3) is 2.67. The molecule has 21 heavy (non-hydrogen) atoms. The maximum Gasteiger partial charge on any atom is 0.310 e. The Labute approximate surface area is 122 Å². The number of carbonyl (C=O) groups excluding carboxylic acids is 1. The Morgan fingerprint density at radius 2 is 2.05 bits per heavy atom. The number of fused-ring (bicyclic) bond motifs is 2. The second-order valence-corrected chi connectivity index (χ2v) is 6.04. The van der Waals surface area contributed by atoms with Gasteiger partial charge in [0.1, 0.15) is 0 Å². The molecule has 2 fully saturated rings. The number of halogens is 2. The van der Waals surface area contributed by atoms with E-state index in [1.165, 1.54) is 13.2 Å². The summed E-state index contributed by atoms with van der Waals surface area (Å²) in [4.78, 5) is 12.0. The van der Waals surface area contributed by atoms with Crippen LogP contribution in [0.15, 0.2) is 18.2 Å². The molecule has 1 aromatic carbocycles. The molecule has 1 N–H and O–H groups in total. The van der Waals surface area contributed by atoms with E-state index in [-0.39, 0.29) is 17.9 Å². The molecule has 114 valence electrons. The highest BCUT2D eigenvalue weighted by Crippen LogP contribution is 2.49. The Bertz CT molecular complexity index is 549. The number of methoxy groups -OCH3 is 1. The predicted molar refractivity (Wildman–Crippen MR) is 73.3 cm³/mol. The first-order valence-corrected chi connectivity index (χ1v) is 7.35. The number of hydrogen-bond acceptors (Lipinski definition) is 3. The average molecular weight is 295 g/mol. The number of nitrogens with one attached hydrogen (secondary N) is 1. The molecule has 2 aliphatic rings. The van der Waals surface area contributed by atoms with Crippen molar-refractivity contribution in [2.75, 3.05) is 7.11 Å². The van der Waals surface area contributed by atoms with Gasteiger partial charge in [-0.15, -0.1) is 0 Å². The van der Waals surface area contributed by atoms with Crippen molar-refractivity contribution in [3.63, 3.8) is 0 Å². The number of ether oxygens (including phenoxy) is 1. The van der Waals surface area contributed by atoms with E-state index >= 15 is 0 Å². The topological polar surface area (TPSA) is 38.3 Å². The monoisotopic (exact) mass is 295 g/mol. The minimum atomic E-state index is -0.842. The molecule has 5 heteroatoms. The van der Waals surface area contributed by atoms with Gasteiger partial charge in [0.15, 0.2) is 11.6 Å². The first kappa shape index (κ1) is 14.4. The molecule has 2 bridgehead atoms. The number of esters is 1. The van der Waals surface area contributed by atoms with Gasteiger partial charge in [-0.05, 0) is 48.8 Å². The lowest BCUT2D eigenvalue weighted by atomic mass is 9.84. The summed E-state index contributed by atoms with van der Waals surface area (Å²) in [7, 11) is 1.42. The van der Waals surface area contributed by atoms with Crippen molar-refractivity contribution in [1.29, 1.82) is 0 Å². The van der Waals surface area contributed by atoms with Crippen molar-refractivity contribution < 1.29 is 18.3 Å². The van der Waals surface area contributed by atoms with Gasteiger partial charge in [-0.3, -0.25) is 4.79 Å². The lowest BCUT2D eigenvalue weighted by molar-refractivity contribution is -0.148. The Kier molecular flexibility index (Phi) is 3.93. The number of carbonyl (C=O) groups is 1. The third-order valence-corrected chi connectivity index (χ3v) is 4.92. The van der Waals surface area contributed by atoms with Crippen LogP contribution in [-0.2, 0) is 16.1 Å². The van der Waals surface area contributed by atoms with Crippen LogP contribution < -0.4 is 5.32 Å². The summed E-state index contributed by atoms with van der Waals surface area (Å²) in [5, 5.41) is 3.35. The van der Waals surface area contributed by atoms with Gasteiger partial charge in [0.2, 0.25) is 0 Å². The summed E-state index contributed by atoms with van der Waals surface area (Å²) in [5.41, 5.74) is 0.681. The molecule has 3 nitrogen and oxygen atoms in total. The Morgan fingerprint density at radius 1 is 1.29 bits per heavy atom. The van der Waals surface area contributed by atoms with Crippen LogP contribution in [0.4, 0.5) is 8.78 Å². The van der Waals surface area contributed by atoms with Crippen LogP contribution in [0.1, 0.15) is 24.8 Å². The molecule has 0 radical (unpaired) electrons. The highest BCUT2D eigenvalue weighted by atomic mass is 19.2. The lowest BCUT2D eigenvalue weighted by Gasteiger charge is -2.30. The fourth-order valence-corrected chi connectivity index (χ4v) is 3.95. The van der Waals surface area contributed by atoms with Crippen LogP contribution >= 0.6 is 0 Å². The van der Waals surface area contributed by atoms with E-state index in [0.29, 0.717) is 23.9 Å². The fraction of sp³-hybridized carbons (Fsp3) is 0.562. The summed E-state index contributed by atoms with van der Waals surface area (Å²) in [6.45, 7) is 0.429. The standard InChI is InChI=1S/C16H19F2NO2/c1-21-16(20)14-10-3-4-11(7-10)15(14)19-8-9-2-5-12(17)13(18)6-9/h2,5-6,10-11,14-15,19H,3-4,7-8H2,1H3/t10-,11+,14?,15?/m0/s1. The van der Waals surface area contributed by atoms with Gasteiger partial charge in [0.05, 0.1) is 13.0 Å². The van der Waals surface area contributed by atoms with E-state index in [2.05, 4.69) is 5.32 Å². The fourth-order valence-electron chi connectivity index (χ4n) is 3.95. The summed E-state index contributed by atoms with van der Waals surface area (Å²) in [5.74, 6) is -1.09. The maximum atomic E-state index is 13.2. The van der Waals surface area contributed by atoms with Gasteiger partial charge in [0, 0.05) is 12.6 Å². The lowest BCUT2D eigenvalue weighted by Crippen LogP contribution is -2.44. The first-order valence-electron chi connectivity index (χ1n) is 7.35. The molecule has 2 aliphatic carbocycles. The molecule has 0 aliphatic heterocycles. The zero-order chi connectivity index (χ0) is 15.0. The van der Waals surface area contributed by atoms with E-state index < -0.39 is 11.6 Å². The second-order valence-electron chi connectivity index (χ2n) is 6.04. The number of benzene rings is 1. The van der Waals surface area contributed by atoms with E-state index in [4.69, 9.17) is 4.74 Å². The van der Waals surface area contributed by atoms with Gasteiger partial charge in [-0.2, -0.15) is 0 Å². The molecular weight excluding hydrogens is 276 g/mol. The summed E-state index contributed by atoms with van der Waals surface area (Å²) in [6.07, 6.45) is 3.25. The maximum absolute atomic E-state index is 13.2.